The molecule has 0 saturated carbocycles. The maximum Gasteiger partial charge on any atom is 0.254 e. The molecule has 2 heterocycles. The van der Waals surface area contributed by atoms with Crippen molar-refractivity contribution in [1.29, 1.82) is 0 Å². The maximum atomic E-state index is 12.5. The average Bonchev–Trinajstić information content (AvgIpc) is 3.15. The van der Waals surface area contributed by atoms with Gasteiger partial charge in [-0.2, -0.15) is 0 Å². The molecule has 1 saturated heterocycles. The van der Waals surface area contributed by atoms with Gasteiger partial charge >= 0.3 is 0 Å². The van der Waals surface area contributed by atoms with Crippen molar-refractivity contribution >= 4 is 48.4 Å². The Kier molecular flexibility index (Phi) is 13.5. The first kappa shape index (κ1) is 26.0. The number of carbonyl (C=O) groups is 2. The second-order valence-corrected chi connectivity index (χ2v) is 7.48. The number of nitrogens with zero attached hydrogens (tertiary/aromatic N) is 2. The first-order valence-corrected chi connectivity index (χ1v) is 9.90. The highest BCUT2D eigenvalue weighted by molar-refractivity contribution is 8.00. The average molecular weight is 437 g/mol. The summed E-state index contributed by atoms with van der Waals surface area (Å²) >= 11 is 1.36. The minimum atomic E-state index is -0.245. The number of halogens is 2. The molecule has 1 aromatic rings. The van der Waals surface area contributed by atoms with Crippen LogP contribution in [0.3, 0.4) is 0 Å². The summed E-state index contributed by atoms with van der Waals surface area (Å²) < 4.78 is 0. The Morgan fingerprint density at radius 2 is 1.93 bits per heavy atom. The van der Waals surface area contributed by atoms with Crippen LogP contribution in [0.25, 0.3) is 0 Å². The predicted molar refractivity (Wildman–Crippen MR) is 115 cm³/mol. The van der Waals surface area contributed by atoms with Gasteiger partial charge in [-0.15, -0.1) is 24.8 Å². The summed E-state index contributed by atoms with van der Waals surface area (Å²) in [7, 11) is 0. The molecule has 1 unspecified atom stereocenters. The summed E-state index contributed by atoms with van der Waals surface area (Å²) in [6.07, 6.45) is 4.88. The number of nitrogens with one attached hydrogen (secondary N) is 2. The molecule has 0 bridgehead atoms. The Labute approximate surface area is 178 Å². The maximum absolute atomic E-state index is 12.5. The zero-order chi connectivity index (χ0) is 18.1. The quantitative estimate of drug-likeness (QED) is 0.459. The van der Waals surface area contributed by atoms with Gasteiger partial charge in [-0.3, -0.25) is 9.59 Å². The summed E-state index contributed by atoms with van der Waals surface area (Å²) in [5, 5.41) is 6.52. The lowest BCUT2D eigenvalue weighted by Crippen LogP contribution is -2.34. The van der Waals surface area contributed by atoms with Crippen molar-refractivity contribution in [3.8, 4) is 0 Å². The molecule has 154 valence electrons. The molecule has 9 heteroatoms. The van der Waals surface area contributed by atoms with Gasteiger partial charge in [0, 0.05) is 32.4 Å². The molecule has 27 heavy (non-hydrogen) atoms. The molecule has 0 spiro atoms. The van der Waals surface area contributed by atoms with E-state index in [1.54, 1.807) is 18.3 Å². The molecule has 1 fully saturated rings. The molecule has 6 nitrogen and oxygen atoms in total. The normalized spacial score (nSPS) is 14.1. The molecule has 1 aromatic heterocycles. The molecule has 2 amide bonds. The van der Waals surface area contributed by atoms with E-state index in [0.717, 1.165) is 45.4 Å². The number of pyridine rings is 1. The van der Waals surface area contributed by atoms with Crippen LogP contribution in [0.15, 0.2) is 23.4 Å². The van der Waals surface area contributed by atoms with Gasteiger partial charge < -0.3 is 15.5 Å². The van der Waals surface area contributed by atoms with Gasteiger partial charge in [-0.05, 0) is 44.9 Å². The second-order valence-electron chi connectivity index (χ2n) is 6.15. The highest BCUT2D eigenvalue weighted by Gasteiger charge is 2.25. The number of likely N-dealkylation sites (tertiary alicyclic amines) is 1. The largest absolute Gasteiger partial charge is 0.351 e. The Morgan fingerprint density at radius 1 is 1.22 bits per heavy atom. The van der Waals surface area contributed by atoms with Crippen molar-refractivity contribution in [3.05, 3.63) is 23.9 Å². The summed E-state index contributed by atoms with van der Waals surface area (Å²) in [5.41, 5.74) is 0.532. The molecule has 0 radical (unpaired) electrons. The summed E-state index contributed by atoms with van der Waals surface area (Å²) in [5.74, 6) is -0.0157. The minimum absolute atomic E-state index is 0. The number of thioether (sulfide) groups is 1. The smallest absolute Gasteiger partial charge is 0.254 e. The first-order valence-electron chi connectivity index (χ1n) is 9.03. The number of amides is 2. The van der Waals surface area contributed by atoms with E-state index in [-0.39, 0.29) is 41.9 Å². The van der Waals surface area contributed by atoms with E-state index >= 15 is 0 Å². The van der Waals surface area contributed by atoms with Crippen LogP contribution in [0.1, 0.15) is 43.5 Å². The molecular formula is C18H30Cl2N4O2S. The third-order valence-corrected chi connectivity index (χ3v) is 5.19. The van der Waals surface area contributed by atoms with Crippen molar-refractivity contribution in [2.75, 3.05) is 32.7 Å². The van der Waals surface area contributed by atoms with Crippen LogP contribution >= 0.6 is 36.6 Å². The number of aromatic nitrogens is 1. The van der Waals surface area contributed by atoms with Crippen LogP contribution in [0, 0.1) is 0 Å². The highest BCUT2D eigenvalue weighted by atomic mass is 35.5. The SMILES string of the molecule is CCCNCCNC(=O)c1cccnc1SC(C)C(=O)N1CCCC1.Cl.Cl. The van der Waals surface area contributed by atoms with Crippen LogP contribution in [0.4, 0.5) is 0 Å². The van der Waals surface area contributed by atoms with Gasteiger partial charge in [0.2, 0.25) is 5.91 Å². The van der Waals surface area contributed by atoms with Gasteiger partial charge in [0.25, 0.3) is 5.91 Å². The lowest BCUT2D eigenvalue weighted by molar-refractivity contribution is -0.129. The summed E-state index contributed by atoms with van der Waals surface area (Å²) in [6.45, 7) is 7.92. The molecule has 1 aliphatic rings. The Balaban J connectivity index is 0.00000338. The Morgan fingerprint density at radius 3 is 2.59 bits per heavy atom. The van der Waals surface area contributed by atoms with E-state index in [2.05, 4.69) is 22.5 Å². The van der Waals surface area contributed by atoms with Gasteiger partial charge in [0.15, 0.2) is 0 Å². The monoisotopic (exact) mass is 436 g/mol. The number of hydrogen-bond donors (Lipinski definition) is 2. The van der Waals surface area contributed by atoms with E-state index in [4.69, 9.17) is 0 Å². The van der Waals surface area contributed by atoms with Crippen molar-refractivity contribution in [3.63, 3.8) is 0 Å². The van der Waals surface area contributed by atoms with E-state index in [1.807, 2.05) is 11.8 Å². The van der Waals surface area contributed by atoms with E-state index < -0.39 is 0 Å². The molecule has 2 rings (SSSR count). The van der Waals surface area contributed by atoms with E-state index in [0.29, 0.717) is 17.1 Å². The molecular weight excluding hydrogens is 407 g/mol. The van der Waals surface area contributed by atoms with Gasteiger partial charge in [0.05, 0.1) is 10.8 Å². The fourth-order valence-corrected chi connectivity index (χ4v) is 3.73. The third kappa shape index (κ3) is 8.25. The molecule has 0 aromatic carbocycles. The van der Waals surface area contributed by atoms with Crippen molar-refractivity contribution in [1.82, 2.24) is 20.5 Å². The first-order chi connectivity index (χ1) is 12.1. The standard InChI is InChI=1S/C18H28N4O2S.2ClH/c1-3-8-19-10-11-20-16(23)15-7-6-9-21-17(15)25-14(2)18(24)22-12-4-5-13-22;;/h6-7,9,14,19H,3-5,8,10-13H2,1-2H3,(H,20,23);2*1H. The zero-order valence-electron chi connectivity index (χ0n) is 15.9. The lowest BCUT2D eigenvalue weighted by atomic mass is 10.2. The van der Waals surface area contributed by atoms with Crippen molar-refractivity contribution in [2.24, 2.45) is 0 Å². The number of carbonyl (C=O) groups excluding carboxylic acids is 2. The molecule has 1 atom stereocenters. The minimum Gasteiger partial charge on any atom is -0.351 e. The van der Waals surface area contributed by atoms with Crippen LogP contribution in [-0.2, 0) is 4.79 Å². The number of hydrogen-bond acceptors (Lipinski definition) is 5. The number of rotatable bonds is 9. The third-order valence-electron chi connectivity index (χ3n) is 4.08. The molecule has 0 aliphatic carbocycles. The summed E-state index contributed by atoms with van der Waals surface area (Å²) in [4.78, 5) is 31.1. The fourth-order valence-electron chi connectivity index (χ4n) is 2.73. The second kappa shape index (κ2) is 14.0. The fraction of sp³-hybridized carbons (Fsp3) is 0.611. The predicted octanol–water partition coefficient (Wildman–Crippen LogP) is 2.76. The zero-order valence-corrected chi connectivity index (χ0v) is 18.4. The topological polar surface area (TPSA) is 74.3 Å². The van der Waals surface area contributed by atoms with Gasteiger partial charge in [0.1, 0.15) is 5.03 Å². The van der Waals surface area contributed by atoms with E-state index in [9.17, 15) is 9.59 Å². The van der Waals surface area contributed by atoms with Gasteiger partial charge in [-0.25, -0.2) is 4.98 Å². The van der Waals surface area contributed by atoms with Crippen molar-refractivity contribution in [2.45, 2.75) is 43.4 Å². The Hall–Kier alpha value is -1.02. The molecule has 2 N–H and O–H groups in total. The Bertz CT molecular complexity index is 586. The highest BCUT2D eigenvalue weighted by Crippen LogP contribution is 2.26. The van der Waals surface area contributed by atoms with Crippen molar-refractivity contribution < 1.29 is 9.59 Å². The van der Waals surface area contributed by atoms with Crippen LogP contribution in [0.2, 0.25) is 0 Å². The summed E-state index contributed by atoms with van der Waals surface area (Å²) in [6, 6.07) is 3.51. The van der Waals surface area contributed by atoms with Crippen LogP contribution < -0.4 is 10.6 Å². The van der Waals surface area contributed by atoms with Crippen LogP contribution in [0.5, 0.6) is 0 Å². The van der Waals surface area contributed by atoms with E-state index in [1.165, 1.54) is 11.8 Å². The van der Waals surface area contributed by atoms with Gasteiger partial charge in [-0.1, -0.05) is 18.7 Å². The molecule has 1 aliphatic heterocycles. The lowest BCUT2D eigenvalue weighted by Gasteiger charge is -2.20. The van der Waals surface area contributed by atoms with Crippen LogP contribution in [-0.4, -0.2) is 59.7 Å².